The van der Waals surface area contributed by atoms with Crippen LogP contribution < -0.4 is 5.73 Å². The molecule has 2 N–H and O–H groups in total. The number of halogens is 1. The van der Waals surface area contributed by atoms with Crippen molar-refractivity contribution < 1.29 is 0 Å². The molecule has 21 heavy (non-hydrogen) atoms. The van der Waals surface area contributed by atoms with E-state index in [0.29, 0.717) is 12.0 Å². The van der Waals surface area contributed by atoms with E-state index < -0.39 is 0 Å². The third-order valence-corrected chi connectivity index (χ3v) is 4.31. The Bertz CT molecular complexity index is 570. The molecule has 1 aliphatic rings. The Hall–Kier alpha value is -1.51. The zero-order valence-electron chi connectivity index (χ0n) is 12.4. The number of likely N-dealkylation sites (tertiary alicyclic amines) is 1. The smallest absolute Gasteiger partial charge is 0.0317 e. The molecule has 0 radical (unpaired) electrons. The molecule has 112 valence electrons. The molecule has 0 saturated carbocycles. The van der Waals surface area contributed by atoms with Gasteiger partial charge in [0.05, 0.1) is 0 Å². The number of benzene rings is 2. The van der Waals surface area contributed by atoms with Crippen LogP contribution in [0.2, 0.25) is 0 Å². The minimum absolute atomic E-state index is 0. The van der Waals surface area contributed by atoms with Crippen LogP contribution >= 0.6 is 12.4 Å². The van der Waals surface area contributed by atoms with Gasteiger partial charge in [0.15, 0.2) is 0 Å². The lowest BCUT2D eigenvalue weighted by Crippen LogP contribution is -2.26. The summed E-state index contributed by atoms with van der Waals surface area (Å²) in [5, 5.41) is 0. The van der Waals surface area contributed by atoms with Crippen LogP contribution in [0.4, 0.5) is 5.69 Å². The molecule has 1 heterocycles. The number of nitrogens with two attached hydrogens (primary N) is 1. The predicted molar refractivity (Wildman–Crippen MR) is 91.8 cm³/mol. The van der Waals surface area contributed by atoms with E-state index in [1.54, 1.807) is 0 Å². The summed E-state index contributed by atoms with van der Waals surface area (Å²) in [5.41, 5.74) is 9.50. The number of nitrogen functional groups attached to an aromatic ring is 1. The van der Waals surface area contributed by atoms with Crippen LogP contribution in [0.3, 0.4) is 0 Å². The molecule has 0 aliphatic carbocycles. The number of nitrogens with zero attached hydrogens (tertiary/aromatic N) is 1. The molecular weight excluding hydrogens is 280 g/mol. The van der Waals surface area contributed by atoms with Crippen molar-refractivity contribution in [2.24, 2.45) is 0 Å². The molecule has 2 aromatic rings. The molecule has 2 nitrogen and oxygen atoms in total. The van der Waals surface area contributed by atoms with Gasteiger partial charge in [-0.05, 0) is 42.5 Å². The lowest BCUT2D eigenvalue weighted by molar-refractivity contribution is 0.259. The average molecular weight is 303 g/mol. The molecule has 3 heteroatoms. The summed E-state index contributed by atoms with van der Waals surface area (Å²) in [4.78, 5) is 2.56. The lowest BCUT2D eigenvalue weighted by atomic mass is 9.97. The molecular formula is C18H23ClN2. The van der Waals surface area contributed by atoms with E-state index in [-0.39, 0.29) is 12.4 Å². The molecule has 2 unspecified atom stereocenters. The van der Waals surface area contributed by atoms with Crippen molar-refractivity contribution in [2.45, 2.75) is 31.8 Å². The summed E-state index contributed by atoms with van der Waals surface area (Å²) in [5.74, 6) is 0.659. The summed E-state index contributed by atoms with van der Waals surface area (Å²) < 4.78 is 0. The minimum Gasteiger partial charge on any atom is -0.399 e. The predicted octanol–water partition coefficient (Wildman–Crippen LogP) is 4.07. The van der Waals surface area contributed by atoms with Crippen LogP contribution in [-0.2, 0) is 6.54 Å². The topological polar surface area (TPSA) is 29.3 Å². The highest BCUT2D eigenvalue weighted by atomic mass is 35.5. The third-order valence-electron chi connectivity index (χ3n) is 4.31. The summed E-state index contributed by atoms with van der Waals surface area (Å²) in [6.07, 6.45) is 1.24. The second kappa shape index (κ2) is 6.97. The van der Waals surface area contributed by atoms with Crippen molar-refractivity contribution in [1.29, 1.82) is 0 Å². The van der Waals surface area contributed by atoms with E-state index in [4.69, 9.17) is 5.73 Å². The van der Waals surface area contributed by atoms with Crippen LogP contribution in [0.15, 0.2) is 54.6 Å². The second-order valence-electron chi connectivity index (χ2n) is 5.87. The zero-order chi connectivity index (χ0) is 13.9. The van der Waals surface area contributed by atoms with Crippen LogP contribution in [0.5, 0.6) is 0 Å². The van der Waals surface area contributed by atoms with Gasteiger partial charge in [-0.1, -0.05) is 42.5 Å². The summed E-state index contributed by atoms with van der Waals surface area (Å²) >= 11 is 0. The Morgan fingerprint density at radius 2 is 1.86 bits per heavy atom. The molecule has 1 fully saturated rings. The monoisotopic (exact) mass is 302 g/mol. The summed E-state index contributed by atoms with van der Waals surface area (Å²) in [6.45, 7) is 4.46. The van der Waals surface area contributed by atoms with Gasteiger partial charge in [0.1, 0.15) is 0 Å². The zero-order valence-corrected chi connectivity index (χ0v) is 13.2. The first kappa shape index (κ1) is 15.9. The fourth-order valence-electron chi connectivity index (χ4n) is 3.21. The van der Waals surface area contributed by atoms with E-state index in [9.17, 15) is 0 Å². The molecule has 2 aromatic carbocycles. The summed E-state index contributed by atoms with van der Waals surface area (Å²) in [7, 11) is 0. The first-order valence-electron chi connectivity index (χ1n) is 7.36. The van der Waals surface area contributed by atoms with E-state index >= 15 is 0 Å². The molecule has 3 rings (SSSR count). The normalized spacial score (nSPS) is 22.0. The van der Waals surface area contributed by atoms with Gasteiger partial charge < -0.3 is 5.73 Å². The largest absolute Gasteiger partial charge is 0.399 e. The van der Waals surface area contributed by atoms with Crippen molar-refractivity contribution >= 4 is 18.1 Å². The Balaban J connectivity index is 0.00000161. The number of hydrogen-bond acceptors (Lipinski definition) is 2. The minimum atomic E-state index is 0. The first-order chi connectivity index (χ1) is 9.72. The number of anilines is 1. The van der Waals surface area contributed by atoms with Crippen molar-refractivity contribution in [2.75, 3.05) is 12.3 Å². The van der Waals surface area contributed by atoms with Crippen molar-refractivity contribution in [3.05, 3.63) is 65.7 Å². The first-order valence-corrected chi connectivity index (χ1v) is 7.36. The van der Waals surface area contributed by atoms with Crippen molar-refractivity contribution in [3.63, 3.8) is 0 Å². The molecule has 0 bridgehead atoms. The molecule has 1 saturated heterocycles. The van der Waals surface area contributed by atoms with Gasteiger partial charge in [0, 0.05) is 24.8 Å². The number of rotatable bonds is 3. The maximum Gasteiger partial charge on any atom is 0.0317 e. The van der Waals surface area contributed by atoms with Crippen molar-refractivity contribution in [1.82, 2.24) is 4.90 Å². The number of hydrogen-bond donors (Lipinski definition) is 1. The second-order valence-corrected chi connectivity index (χ2v) is 5.87. The molecule has 2 atom stereocenters. The van der Waals surface area contributed by atoms with Crippen molar-refractivity contribution in [3.8, 4) is 0 Å². The van der Waals surface area contributed by atoms with Crippen LogP contribution in [-0.4, -0.2) is 17.5 Å². The quantitative estimate of drug-likeness (QED) is 0.866. The SMILES string of the molecule is CC1CC(c2ccccc2)CN1Cc1cccc(N)c1.Cl. The Morgan fingerprint density at radius 3 is 2.57 bits per heavy atom. The van der Waals surface area contributed by atoms with E-state index in [2.05, 4.69) is 54.3 Å². The van der Waals surface area contributed by atoms with Crippen LogP contribution in [0.25, 0.3) is 0 Å². The van der Waals surface area contributed by atoms with Crippen LogP contribution in [0.1, 0.15) is 30.4 Å². The highest BCUT2D eigenvalue weighted by molar-refractivity contribution is 5.85. The van der Waals surface area contributed by atoms with Gasteiger partial charge in [0.2, 0.25) is 0 Å². The summed E-state index contributed by atoms with van der Waals surface area (Å²) in [6, 6.07) is 19.7. The fourth-order valence-corrected chi connectivity index (χ4v) is 3.21. The van der Waals surface area contributed by atoms with E-state index in [1.165, 1.54) is 17.5 Å². The van der Waals surface area contributed by atoms with Crippen LogP contribution in [0, 0.1) is 0 Å². The highest BCUT2D eigenvalue weighted by Crippen LogP contribution is 2.32. The third kappa shape index (κ3) is 3.78. The maximum absolute atomic E-state index is 5.87. The van der Waals surface area contributed by atoms with Gasteiger partial charge in [-0.2, -0.15) is 0 Å². The van der Waals surface area contributed by atoms with Gasteiger partial charge in [-0.3, -0.25) is 4.90 Å². The lowest BCUT2D eigenvalue weighted by Gasteiger charge is -2.21. The van der Waals surface area contributed by atoms with Gasteiger partial charge in [0.25, 0.3) is 0 Å². The van der Waals surface area contributed by atoms with E-state index in [0.717, 1.165) is 18.8 Å². The Kier molecular flexibility index (Phi) is 5.27. The molecule has 0 amide bonds. The molecule has 0 aromatic heterocycles. The Morgan fingerprint density at radius 1 is 1.10 bits per heavy atom. The van der Waals surface area contributed by atoms with Gasteiger partial charge >= 0.3 is 0 Å². The molecule has 1 aliphatic heterocycles. The fraction of sp³-hybridized carbons (Fsp3) is 0.333. The molecule has 0 spiro atoms. The standard InChI is InChI=1S/C18H22N2.ClH/c1-14-10-17(16-7-3-2-4-8-16)13-20(14)12-15-6-5-9-18(19)11-15;/h2-9,11,14,17H,10,12-13,19H2,1H3;1H. The maximum atomic E-state index is 5.87. The average Bonchev–Trinajstić information content (AvgIpc) is 2.81. The van der Waals surface area contributed by atoms with Gasteiger partial charge in [-0.15, -0.1) is 12.4 Å². The highest BCUT2D eigenvalue weighted by Gasteiger charge is 2.29. The Labute approximate surface area is 133 Å². The van der Waals surface area contributed by atoms with E-state index in [1.807, 2.05) is 12.1 Å². The van der Waals surface area contributed by atoms with Gasteiger partial charge in [-0.25, -0.2) is 0 Å².